The fraction of sp³-hybridized carbons (Fsp3) is 0.182. The zero-order chi connectivity index (χ0) is 20.4. The number of aryl methyl sites for hydroxylation is 1. The lowest BCUT2D eigenvalue weighted by Gasteiger charge is -2.10. The number of rotatable bonds is 6. The fourth-order valence-corrected chi connectivity index (χ4v) is 4.82. The fourth-order valence-electron chi connectivity index (χ4n) is 3.56. The molecule has 148 valence electrons. The summed E-state index contributed by atoms with van der Waals surface area (Å²) in [5.41, 5.74) is 2.86. The first kappa shape index (κ1) is 19.3. The molecule has 0 saturated carbocycles. The van der Waals surface area contributed by atoms with Crippen molar-refractivity contribution >= 4 is 20.8 Å². The molecule has 0 unspecified atom stereocenters. The molecular weight excluding hydrogens is 384 g/mol. The molecule has 2 aromatic heterocycles. The highest BCUT2D eigenvalue weighted by Gasteiger charge is 2.18. The van der Waals surface area contributed by atoms with Crippen molar-refractivity contribution in [2.75, 3.05) is 6.54 Å². The minimum Gasteiger partial charge on any atom is -0.237 e. The minimum absolute atomic E-state index is 0.293. The number of sulfonamides is 1. The maximum atomic E-state index is 12.9. The average molecular weight is 407 g/mol. The quantitative estimate of drug-likeness (QED) is 0.531. The Morgan fingerprint density at radius 3 is 2.52 bits per heavy atom. The standard InChI is InChI=1S/C22H22N4O2S/c1-16-19(17(2)26(25-16)22-12-5-6-14-23-22)13-15-24-29(27,28)21-11-7-9-18-8-3-4-10-20(18)21/h3-12,14,24H,13,15H2,1-2H3. The van der Waals surface area contributed by atoms with E-state index in [1.54, 1.807) is 23.0 Å². The Morgan fingerprint density at radius 1 is 0.966 bits per heavy atom. The minimum atomic E-state index is -3.62. The van der Waals surface area contributed by atoms with E-state index < -0.39 is 10.0 Å². The van der Waals surface area contributed by atoms with Gasteiger partial charge in [-0.1, -0.05) is 42.5 Å². The van der Waals surface area contributed by atoms with Gasteiger partial charge in [-0.05, 0) is 49.4 Å². The highest BCUT2D eigenvalue weighted by Crippen LogP contribution is 2.23. The number of benzene rings is 2. The van der Waals surface area contributed by atoms with Gasteiger partial charge in [-0.25, -0.2) is 22.8 Å². The normalized spacial score (nSPS) is 11.8. The van der Waals surface area contributed by atoms with E-state index in [0.717, 1.165) is 33.5 Å². The van der Waals surface area contributed by atoms with Gasteiger partial charge in [0.05, 0.1) is 10.6 Å². The molecule has 0 spiro atoms. The molecule has 0 radical (unpaired) electrons. The highest BCUT2D eigenvalue weighted by molar-refractivity contribution is 7.89. The Balaban J connectivity index is 1.54. The van der Waals surface area contributed by atoms with E-state index in [2.05, 4.69) is 14.8 Å². The smallest absolute Gasteiger partial charge is 0.237 e. The number of pyridine rings is 1. The van der Waals surface area contributed by atoms with E-state index in [1.165, 1.54) is 0 Å². The van der Waals surface area contributed by atoms with Crippen molar-refractivity contribution in [2.24, 2.45) is 0 Å². The van der Waals surface area contributed by atoms with Crippen molar-refractivity contribution in [1.82, 2.24) is 19.5 Å². The van der Waals surface area contributed by atoms with Crippen LogP contribution < -0.4 is 4.72 Å². The lowest BCUT2D eigenvalue weighted by atomic mass is 10.1. The van der Waals surface area contributed by atoms with E-state index in [9.17, 15) is 8.42 Å². The van der Waals surface area contributed by atoms with Gasteiger partial charge in [0, 0.05) is 23.8 Å². The molecule has 0 amide bonds. The monoisotopic (exact) mass is 406 g/mol. The first-order valence-electron chi connectivity index (χ1n) is 9.41. The molecule has 0 fully saturated rings. The Bertz CT molecular complexity index is 1260. The summed E-state index contributed by atoms with van der Waals surface area (Å²) >= 11 is 0. The average Bonchev–Trinajstić information content (AvgIpc) is 3.02. The second-order valence-corrected chi connectivity index (χ2v) is 8.61. The van der Waals surface area contributed by atoms with Crippen molar-refractivity contribution in [3.8, 4) is 5.82 Å². The van der Waals surface area contributed by atoms with Crippen molar-refractivity contribution in [3.63, 3.8) is 0 Å². The molecule has 0 saturated heterocycles. The zero-order valence-corrected chi connectivity index (χ0v) is 17.1. The topological polar surface area (TPSA) is 76.9 Å². The van der Waals surface area contributed by atoms with Gasteiger partial charge in [-0.15, -0.1) is 0 Å². The molecule has 7 heteroatoms. The predicted molar refractivity (Wildman–Crippen MR) is 114 cm³/mol. The summed E-state index contributed by atoms with van der Waals surface area (Å²) in [6.45, 7) is 4.20. The van der Waals surface area contributed by atoms with Crippen LogP contribution in [0.4, 0.5) is 0 Å². The second-order valence-electron chi connectivity index (χ2n) is 6.87. The van der Waals surface area contributed by atoms with Crippen LogP contribution in [0.25, 0.3) is 16.6 Å². The third-order valence-electron chi connectivity index (χ3n) is 5.01. The number of aromatic nitrogens is 3. The molecule has 0 aliphatic rings. The van der Waals surface area contributed by atoms with Crippen LogP contribution in [0.2, 0.25) is 0 Å². The summed E-state index contributed by atoms with van der Waals surface area (Å²) < 4.78 is 30.3. The van der Waals surface area contributed by atoms with E-state index in [-0.39, 0.29) is 0 Å². The molecule has 0 aliphatic carbocycles. The third-order valence-corrected chi connectivity index (χ3v) is 6.53. The molecule has 4 aromatic rings. The van der Waals surface area contributed by atoms with Crippen LogP contribution in [0.3, 0.4) is 0 Å². The van der Waals surface area contributed by atoms with Crippen molar-refractivity contribution < 1.29 is 8.42 Å². The van der Waals surface area contributed by atoms with Crippen LogP contribution in [-0.4, -0.2) is 29.7 Å². The van der Waals surface area contributed by atoms with Gasteiger partial charge < -0.3 is 0 Å². The van der Waals surface area contributed by atoms with Gasteiger partial charge in [0.1, 0.15) is 0 Å². The first-order chi connectivity index (χ1) is 14.0. The number of nitrogens with zero attached hydrogens (tertiary/aromatic N) is 3. The van der Waals surface area contributed by atoms with Gasteiger partial charge in [-0.3, -0.25) is 0 Å². The van der Waals surface area contributed by atoms with Crippen LogP contribution >= 0.6 is 0 Å². The van der Waals surface area contributed by atoms with Crippen LogP contribution in [0, 0.1) is 13.8 Å². The Hall–Kier alpha value is -3.03. The lowest BCUT2D eigenvalue weighted by molar-refractivity contribution is 0.582. The van der Waals surface area contributed by atoms with Crippen LogP contribution in [0.1, 0.15) is 17.0 Å². The van der Waals surface area contributed by atoms with E-state index in [0.29, 0.717) is 17.9 Å². The molecular formula is C22H22N4O2S. The van der Waals surface area contributed by atoms with E-state index in [4.69, 9.17) is 0 Å². The molecule has 4 rings (SSSR count). The van der Waals surface area contributed by atoms with Gasteiger partial charge >= 0.3 is 0 Å². The summed E-state index contributed by atoms with van der Waals surface area (Å²) in [5, 5.41) is 6.19. The number of nitrogens with one attached hydrogen (secondary N) is 1. The van der Waals surface area contributed by atoms with Crippen LogP contribution in [-0.2, 0) is 16.4 Å². The Labute approximate surface area is 170 Å². The largest absolute Gasteiger partial charge is 0.241 e. The Kier molecular flexibility index (Phi) is 5.17. The van der Waals surface area contributed by atoms with E-state index in [1.807, 2.05) is 62.4 Å². The second kappa shape index (κ2) is 7.77. The number of hydrogen-bond donors (Lipinski definition) is 1. The molecule has 0 atom stereocenters. The molecule has 2 heterocycles. The first-order valence-corrected chi connectivity index (χ1v) is 10.9. The molecule has 0 aliphatic heterocycles. The molecule has 6 nitrogen and oxygen atoms in total. The summed E-state index contributed by atoms with van der Waals surface area (Å²) in [5.74, 6) is 0.746. The highest BCUT2D eigenvalue weighted by atomic mass is 32.2. The maximum Gasteiger partial charge on any atom is 0.241 e. The zero-order valence-electron chi connectivity index (χ0n) is 16.3. The number of fused-ring (bicyclic) bond motifs is 1. The third kappa shape index (κ3) is 3.79. The van der Waals surface area contributed by atoms with Crippen LogP contribution in [0.5, 0.6) is 0 Å². The summed E-state index contributed by atoms with van der Waals surface area (Å²) in [7, 11) is -3.62. The Morgan fingerprint density at radius 2 is 1.72 bits per heavy atom. The number of hydrogen-bond acceptors (Lipinski definition) is 4. The van der Waals surface area contributed by atoms with Crippen molar-refractivity contribution in [1.29, 1.82) is 0 Å². The molecule has 1 N–H and O–H groups in total. The van der Waals surface area contributed by atoms with E-state index >= 15 is 0 Å². The van der Waals surface area contributed by atoms with Gasteiger partial charge in [-0.2, -0.15) is 5.10 Å². The predicted octanol–water partition coefficient (Wildman–Crippen LogP) is 3.56. The summed E-state index contributed by atoms with van der Waals surface area (Å²) in [6.07, 6.45) is 2.28. The molecule has 0 bridgehead atoms. The van der Waals surface area contributed by atoms with Gasteiger partial charge in [0.25, 0.3) is 0 Å². The maximum absolute atomic E-state index is 12.9. The molecule has 2 aromatic carbocycles. The van der Waals surface area contributed by atoms with Crippen LogP contribution in [0.15, 0.2) is 71.8 Å². The molecule has 29 heavy (non-hydrogen) atoms. The van der Waals surface area contributed by atoms with Gasteiger partial charge in [0.15, 0.2) is 5.82 Å². The summed E-state index contributed by atoms with van der Waals surface area (Å²) in [4.78, 5) is 4.64. The SMILES string of the molecule is Cc1nn(-c2ccccn2)c(C)c1CCNS(=O)(=O)c1cccc2ccccc12. The van der Waals surface area contributed by atoms with Gasteiger partial charge in [0.2, 0.25) is 10.0 Å². The lowest BCUT2D eigenvalue weighted by Crippen LogP contribution is -2.26. The van der Waals surface area contributed by atoms with Crippen molar-refractivity contribution in [3.05, 3.63) is 83.8 Å². The van der Waals surface area contributed by atoms with Crippen molar-refractivity contribution in [2.45, 2.75) is 25.2 Å². The summed E-state index contributed by atoms with van der Waals surface area (Å²) in [6, 6.07) is 18.5.